The van der Waals surface area contributed by atoms with Crippen LogP contribution in [0.4, 0.5) is 0 Å². The van der Waals surface area contributed by atoms with Crippen LogP contribution in [-0.4, -0.2) is 27.8 Å². The van der Waals surface area contributed by atoms with Gasteiger partial charge in [-0.25, -0.2) is 13.2 Å². The van der Waals surface area contributed by atoms with Crippen molar-refractivity contribution in [2.45, 2.75) is 11.8 Å². The lowest BCUT2D eigenvalue weighted by Gasteiger charge is -2.22. The van der Waals surface area contributed by atoms with Gasteiger partial charge in [0.1, 0.15) is 4.87 Å². The highest BCUT2D eigenvalue weighted by molar-refractivity contribution is 7.91. The molecule has 0 amide bonds. The van der Waals surface area contributed by atoms with Crippen LogP contribution in [0.1, 0.15) is 22.8 Å². The normalized spacial score (nSPS) is 15.1. The Labute approximate surface area is 100 Å². The molecular weight excluding hydrogens is 242 g/mol. The maximum absolute atomic E-state index is 11.5. The summed E-state index contributed by atoms with van der Waals surface area (Å²) in [5.74, 6) is -0.477. The molecule has 1 unspecified atom stereocenters. The number of rotatable bonds is 3. The molecule has 1 aromatic rings. The standard InChI is InChI=1S/C11H15NO4S/c1-11(12,17(3,14)15)9-6-4-8(5-7-9)10(13)16-2/h4-7H,12H2,1-3H3. The molecule has 0 aliphatic carbocycles. The summed E-state index contributed by atoms with van der Waals surface area (Å²) >= 11 is 0. The van der Waals surface area contributed by atoms with Crippen LogP contribution in [0.5, 0.6) is 0 Å². The lowest BCUT2D eigenvalue weighted by atomic mass is 10.1. The zero-order valence-electron chi connectivity index (χ0n) is 9.93. The van der Waals surface area contributed by atoms with Gasteiger partial charge in [0.05, 0.1) is 12.7 Å². The third-order valence-corrected chi connectivity index (χ3v) is 4.43. The SMILES string of the molecule is COC(=O)c1ccc(C(C)(N)S(C)(=O)=O)cc1. The van der Waals surface area contributed by atoms with E-state index in [2.05, 4.69) is 4.74 Å². The average molecular weight is 257 g/mol. The topological polar surface area (TPSA) is 86.5 Å². The predicted molar refractivity (Wildman–Crippen MR) is 64.2 cm³/mol. The van der Waals surface area contributed by atoms with E-state index in [0.717, 1.165) is 6.26 Å². The molecule has 0 radical (unpaired) electrons. The minimum atomic E-state index is -3.43. The number of ether oxygens (including phenoxy) is 1. The summed E-state index contributed by atoms with van der Waals surface area (Å²) < 4.78 is 27.6. The first-order valence-electron chi connectivity index (χ1n) is 4.87. The van der Waals surface area contributed by atoms with Crippen molar-refractivity contribution < 1.29 is 17.9 Å². The van der Waals surface area contributed by atoms with Crippen molar-refractivity contribution in [3.8, 4) is 0 Å². The molecule has 0 aliphatic heterocycles. The smallest absolute Gasteiger partial charge is 0.337 e. The van der Waals surface area contributed by atoms with Gasteiger partial charge in [0.25, 0.3) is 0 Å². The quantitative estimate of drug-likeness (QED) is 0.803. The summed E-state index contributed by atoms with van der Waals surface area (Å²) in [5.41, 5.74) is 6.54. The fraction of sp³-hybridized carbons (Fsp3) is 0.364. The molecule has 2 N–H and O–H groups in total. The van der Waals surface area contributed by atoms with Crippen LogP contribution >= 0.6 is 0 Å². The highest BCUT2D eigenvalue weighted by Gasteiger charge is 2.32. The number of carbonyl (C=O) groups excluding carboxylic acids is 1. The molecule has 0 aliphatic rings. The second-order valence-electron chi connectivity index (χ2n) is 3.95. The number of hydrogen-bond acceptors (Lipinski definition) is 5. The van der Waals surface area contributed by atoms with Crippen molar-refractivity contribution in [2.75, 3.05) is 13.4 Å². The Bertz CT molecular complexity index is 517. The Morgan fingerprint density at radius 1 is 1.29 bits per heavy atom. The number of carbonyl (C=O) groups is 1. The van der Waals surface area contributed by atoms with Crippen molar-refractivity contribution in [3.05, 3.63) is 35.4 Å². The van der Waals surface area contributed by atoms with E-state index < -0.39 is 20.7 Å². The van der Waals surface area contributed by atoms with Gasteiger partial charge in [-0.05, 0) is 24.6 Å². The van der Waals surface area contributed by atoms with E-state index in [1.54, 1.807) is 0 Å². The second-order valence-corrected chi connectivity index (χ2v) is 6.34. The largest absolute Gasteiger partial charge is 0.465 e. The van der Waals surface area contributed by atoms with Crippen molar-refractivity contribution in [1.82, 2.24) is 0 Å². The Hall–Kier alpha value is -1.40. The van der Waals surface area contributed by atoms with Gasteiger partial charge in [0.15, 0.2) is 9.84 Å². The number of hydrogen-bond donors (Lipinski definition) is 1. The second kappa shape index (κ2) is 4.46. The molecule has 17 heavy (non-hydrogen) atoms. The van der Waals surface area contributed by atoms with Crippen LogP contribution in [0.3, 0.4) is 0 Å². The van der Waals surface area contributed by atoms with E-state index in [-0.39, 0.29) is 0 Å². The molecule has 94 valence electrons. The van der Waals surface area contributed by atoms with Crippen LogP contribution in [0.2, 0.25) is 0 Å². The lowest BCUT2D eigenvalue weighted by molar-refractivity contribution is 0.0600. The van der Waals surface area contributed by atoms with E-state index in [0.29, 0.717) is 11.1 Å². The van der Waals surface area contributed by atoms with Gasteiger partial charge in [-0.3, -0.25) is 0 Å². The summed E-state index contributed by atoms with van der Waals surface area (Å²) in [7, 11) is -2.15. The molecule has 0 heterocycles. The maximum Gasteiger partial charge on any atom is 0.337 e. The van der Waals surface area contributed by atoms with Gasteiger partial charge < -0.3 is 10.5 Å². The number of nitrogens with two attached hydrogens (primary N) is 1. The van der Waals surface area contributed by atoms with Gasteiger partial charge >= 0.3 is 5.97 Å². The third kappa shape index (κ3) is 2.65. The maximum atomic E-state index is 11.5. The van der Waals surface area contributed by atoms with Crippen LogP contribution in [0, 0.1) is 0 Å². The summed E-state index contributed by atoms with van der Waals surface area (Å²) in [6.45, 7) is 1.41. The molecule has 0 fully saturated rings. The summed E-state index contributed by atoms with van der Waals surface area (Å²) in [5, 5.41) is 0. The van der Waals surface area contributed by atoms with Crippen molar-refractivity contribution >= 4 is 15.8 Å². The minimum absolute atomic E-state index is 0.348. The highest BCUT2D eigenvalue weighted by Crippen LogP contribution is 2.23. The summed E-state index contributed by atoms with van der Waals surface area (Å²) in [6, 6.07) is 5.98. The van der Waals surface area contributed by atoms with Crippen LogP contribution < -0.4 is 5.73 Å². The van der Waals surface area contributed by atoms with Gasteiger partial charge in [0, 0.05) is 6.26 Å². The van der Waals surface area contributed by atoms with E-state index in [1.807, 2.05) is 0 Å². The monoisotopic (exact) mass is 257 g/mol. The Balaban J connectivity index is 3.16. The van der Waals surface area contributed by atoms with E-state index in [9.17, 15) is 13.2 Å². The number of methoxy groups -OCH3 is 1. The van der Waals surface area contributed by atoms with Crippen molar-refractivity contribution in [3.63, 3.8) is 0 Å². The molecule has 1 rings (SSSR count). The molecule has 1 atom stereocenters. The number of sulfone groups is 1. The Morgan fingerprint density at radius 2 is 1.76 bits per heavy atom. The Kier molecular flexibility index (Phi) is 3.59. The first kappa shape index (κ1) is 13.7. The highest BCUT2D eigenvalue weighted by atomic mass is 32.2. The molecule has 1 aromatic carbocycles. The van der Waals surface area contributed by atoms with Crippen LogP contribution in [0.25, 0.3) is 0 Å². The molecule has 0 saturated heterocycles. The zero-order chi connectivity index (χ0) is 13.3. The summed E-state index contributed by atoms with van der Waals surface area (Å²) in [6.07, 6.45) is 1.07. The fourth-order valence-corrected chi connectivity index (χ4v) is 1.83. The average Bonchev–Trinajstić information content (AvgIpc) is 2.26. The number of benzene rings is 1. The predicted octanol–water partition coefficient (Wildman–Crippen LogP) is 0.649. The molecular formula is C11H15NO4S. The van der Waals surface area contributed by atoms with Gasteiger partial charge in [0.2, 0.25) is 0 Å². The first-order chi connectivity index (χ1) is 7.70. The first-order valence-corrected chi connectivity index (χ1v) is 6.76. The Morgan fingerprint density at radius 3 is 2.12 bits per heavy atom. The fourth-order valence-electron chi connectivity index (χ4n) is 1.27. The third-order valence-electron chi connectivity index (χ3n) is 2.65. The van der Waals surface area contributed by atoms with Crippen LogP contribution in [0.15, 0.2) is 24.3 Å². The van der Waals surface area contributed by atoms with Gasteiger partial charge in [-0.2, -0.15) is 0 Å². The molecule has 0 aromatic heterocycles. The molecule has 6 heteroatoms. The van der Waals surface area contributed by atoms with Crippen molar-refractivity contribution in [2.24, 2.45) is 5.73 Å². The number of esters is 1. The minimum Gasteiger partial charge on any atom is -0.465 e. The zero-order valence-corrected chi connectivity index (χ0v) is 10.7. The molecule has 5 nitrogen and oxygen atoms in total. The lowest BCUT2D eigenvalue weighted by Crippen LogP contribution is -2.41. The van der Waals surface area contributed by atoms with E-state index in [1.165, 1.54) is 38.3 Å². The molecule has 0 bridgehead atoms. The van der Waals surface area contributed by atoms with Crippen molar-refractivity contribution in [1.29, 1.82) is 0 Å². The van der Waals surface area contributed by atoms with Gasteiger partial charge in [-0.1, -0.05) is 12.1 Å². The van der Waals surface area contributed by atoms with E-state index >= 15 is 0 Å². The van der Waals surface area contributed by atoms with Gasteiger partial charge in [-0.15, -0.1) is 0 Å². The van der Waals surface area contributed by atoms with E-state index in [4.69, 9.17) is 5.73 Å². The van der Waals surface area contributed by atoms with Crippen LogP contribution in [-0.2, 0) is 19.4 Å². The molecule has 0 spiro atoms. The molecule has 0 saturated carbocycles. The summed E-state index contributed by atoms with van der Waals surface area (Å²) in [4.78, 5) is 9.73.